The average Bonchev–Trinajstić information content (AvgIpc) is 2.80. The Hall–Kier alpha value is -0.360. The van der Waals surface area contributed by atoms with Crippen LogP contribution in [0.15, 0.2) is 5.38 Å². The van der Waals surface area contributed by atoms with Gasteiger partial charge in [-0.1, -0.05) is 13.8 Å². The molecule has 0 aliphatic heterocycles. The van der Waals surface area contributed by atoms with Crippen LogP contribution in [-0.4, -0.2) is 23.0 Å². The normalized spacial score (nSPS) is 21.3. The Balaban J connectivity index is 0.00000200. The zero-order chi connectivity index (χ0) is 13.8. The van der Waals surface area contributed by atoms with Crippen molar-refractivity contribution in [3.05, 3.63) is 16.1 Å². The van der Waals surface area contributed by atoms with E-state index < -0.39 is 0 Å². The maximum Gasteiger partial charge on any atom is 0.270 e. The summed E-state index contributed by atoms with van der Waals surface area (Å²) in [5.74, 6) is 0.536. The first-order valence-corrected chi connectivity index (χ1v) is 7.93. The second-order valence-corrected chi connectivity index (χ2v) is 6.75. The second kappa shape index (κ2) is 9.62. The molecule has 0 radical (unpaired) electrons. The molecule has 1 heterocycles. The summed E-state index contributed by atoms with van der Waals surface area (Å²) >= 11 is 1.58. The van der Waals surface area contributed by atoms with Crippen LogP contribution in [0.3, 0.4) is 0 Å². The molecular formula is C14H25Cl2N3OS. The van der Waals surface area contributed by atoms with Crippen LogP contribution >= 0.6 is 36.2 Å². The molecule has 21 heavy (non-hydrogen) atoms. The van der Waals surface area contributed by atoms with E-state index in [0.29, 0.717) is 17.7 Å². The lowest BCUT2D eigenvalue weighted by Crippen LogP contribution is -2.40. The number of nitrogens with one attached hydrogen (secondary N) is 1. The van der Waals surface area contributed by atoms with Gasteiger partial charge in [0.25, 0.3) is 5.91 Å². The number of thiazole rings is 1. The van der Waals surface area contributed by atoms with Gasteiger partial charge < -0.3 is 11.1 Å². The zero-order valence-electron chi connectivity index (χ0n) is 12.5. The van der Waals surface area contributed by atoms with E-state index in [9.17, 15) is 4.79 Å². The van der Waals surface area contributed by atoms with Crippen LogP contribution in [-0.2, 0) is 6.42 Å². The molecule has 1 aliphatic rings. The van der Waals surface area contributed by atoms with Crippen LogP contribution in [0.2, 0.25) is 0 Å². The summed E-state index contributed by atoms with van der Waals surface area (Å²) in [5, 5.41) is 5.98. The lowest BCUT2D eigenvalue weighted by Gasteiger charge is -2.26. The van der Waals surface area contributed by atoms with Gasteiger partial charge in [0.15, 0.2) is 0 Å². The van der Waals surface area contributed by atoms with Gasteiger partial charge in [-0.2, -0.15) is 0 Å². The number of aromatic nitrogens is 1. The van der Waals surface area contributed by atoms with Gasteiger partial charge in [-0.05, 0) is 31.6 Å². The minimum absolute atomic E-state index is 0. The van der Waals surface area contributed by atoms with Gasteiger partial charge in [0.1, 0.15) is 5.69 Å². The zero-order valence-corrected chi connectivity index (χ0v) is 15.0. The molecule has 2 rings (SSSR count). The number of hydrogen-bond donors (Lipinski definition) is 2. The van der Waals surface area contributed by atoms with Crippen molar-refractivity contribution in [2.75, 3.05) is 0 Å². The molecule has 0 unspecified atom stereocenters. The largest absolute Gasteiger partial charge is 0.348 e. The maximum absolute atomic E-state index is 12.1. The molecular weight excluding hydrogens is 329 g/mol. The third kappa shape index (κ3) is 6.51. The van der Waals surface area contributed by atoms with Crippen molar-refractivity contribution in [1.82, 2.24) is 10.3 Å². The standard InChI is InChI=1S/C14H23N3OS.2ClH/c1-9(2)7-13-17-12(8-19-13)14(18)16-11-5-3-10(15)4-6-11;;/h8-11H,3-7,15H2,1-2H3,(H,16,18);2*1H. The molecule has 0 spiro atoms. The summed E-state index contributed by atoms with van der Waals surface area (Å²) in [6.45, 7) is 4.32. The number of amides is 1. The fourth-order valence-electron chi connectivity index (χ4n) is 2.38. The topological polar surface area (TPSA) is 68.0 Å². The molecule has 1 amide bonds. The summed E-state index contributed by atoms with van der Waals surface area (Å²) in [5.41, 5.74) is 6.43. The molecule has 0 atom stereocenters. The van der Waals surface area contributed by atoms with Crippen LogP contribution in [0.25, 0.3) is 0 Å². The number of nitrogens with zero attached hydrogens (tertiary/aromatic N) is 1. The first kappa shape index (κ1) is 20.6. The van der Waals surface area contributed by atoms with Crippen molar-refractivity contribution in [3.8, 4) is 0 Å². The van der Waals surface area contributed by atoms with Crippen molar-refractivity contribution in [2.45, 2.75) is 58.0 Å². The molecule has 1 aromatic rings. The van der Waals surface area contributed by atoms with E-state index >= 15 is 0 Å². The Morgan fingerprint density at radius 2 is 2.00 bits per heavy atom. The lowest BCUT2D eigenvalue weighted by molar-refractivity contribution is 0.0921. The van der Waals surface area contributed by atoms with E-state index in [1.807, 2.05) is 5.38 Å². The molecule has 122 valence electrons. The third-order valence-corrected chi connectivity index (χ3v) is 4.35. The van der Waals surface area contributed by atoms with Gasteiger partial charge in [0, 0.05) is 23.9 Å². The van der Waals surface area contributed by atoms with Crippen LogP contribution in [0.4, 0.5) is 0 Å². The fraction of sp³-hybridized carbons (Fsp3) is 0.714. The van der Waals surface area contributed by atoms with Gasteiger partial charge >= 0.3 is 0 Å². The molecule has 1 fully saturated rings. The fourth-order valence-corrected chi connectivity index (χ4v) is 3.37. The van der Waals surface area contributed by atoms with Crippen LogP contribution in [0.5, 0.6) is 0 Å². The van der Waals surface area contributed by atoms with Crippen molar-refractivity contribution >= 4 is 42.1 Å². The molecule has 7 heteroatoms. The number of halogens is 2. The number of rotatable bonds is 4. The van der Waals surface area contributed by atoms with Crippen LogP contribution in [0.1, 0.15) is 55.0 Å². The monoisotopic (exact) mass is 353 g/mol. The highest BCUT2D eigenvalue weighted by Crippen LogP contribution is 2.18. The molecule has 3 N–H and O–H groups in total. The van der Waals surface area contributed by atoms with E-state index in [2.05, 4.69) is 24.1 Å². The Kier molecular flexibility index (Phi) is 9.45. The summed E-state index contributed by atoms with van der Waals surface area (Å²) in [7, 11) is 0. The van der Waals surface area contributed by atoms with E-state index in [1.54, 1.807) is 11.3 Å². The predicted molar refractivity (Wildman–Crippen MR) is 92.8 cm³/mol. The smallest absolute Gasteiger partial charge is 0.270 e. The SMILES string of the molecule is CC(C)Cc1nc(C(=O)NC2CCC(N)CC2)cs1.Cl.Cl. The molecule has 1 aliphatic carbocycles. The van der Waals surface area contributed by atoms with Crippen molar-refractivity contribution in [1.29, 1.82) is 0 Å². The molecule has 0 bridgehead atoms. The first-order valence-electron chi connectivity index (χ1n) is 7.05. The Bertz CT molecular complexity index is 432. The van der Waals surface area contributed by atoms with Gasteiger partial charge in [0.2, 0.25) is 0 Å². The molecule has 0 saturated heterocycles. The Morgan fingerprint density at radius 1 is 1.38 bits per heavy atom. The molecule has 4 nitrogen and oxygen atoms in total. The van der Waals surface area contributed by atoms with Gasteiger partial charge in [-0.25, -0.2) is 4.98 Å². The summed E-state index contributed by atoms with van der Waals surface area (Å²) in [6.07, 6.45) is 4.91. The van der Waals surface area contributed by atoms with Crippen molar-refractivity contribution in [3.63, 3.8) is 0 Å². The van der Waals surface area contributed by atoms with Gasteiger partial charge in [0.05, 0.1) is 5.01 Å². The van der Waals surface area contributed by atoms with Gasteiger partial charge in [-0.3, -0.25) is 4.79 Å². The number of carbonyl (C=O) groups is 1. The minimum Gasteiger partial charge on any atom is -0.348 e. The number of nitrogens with two attached hydrogens (primary N) is 1. The Labute approximate surface area is 143 Å². The maximum atomic E-state index is 12.1. The van der Waals surface area contributed by atoms with Crippen molar-refractivity contribution < 1.29 is 4.79 Å². The van der Waals surface area contributed by atoms with E-state index in [0.717, 1.165) is 37.1 Å². The predicted octanol–water partition coefficient (Wildman–Crippen LogP) is 3.18. The lowest BCUT2D eigenvalue weighted by atomic mass is 9.92. The second-order valence-electron chi connectivity index (χ2n) is 5.81. The molecule has 0 aromatic carbocycles. The minimum atomic E-state index is -0.0354. The average molecular weight is 354 g/mol. The van der Waals surface area contributed by atoms with Crippen molar-refractivity contribution in [2.24, 2.45) is 11.7 Å². The molecule has 1 saturated carbocycles. The van der Waals surface area contributed by atoms with Crippen LogP contribution in [0, 0.1) is 5.92 Å². The highest BCUT2D eigenvalue weighted by Gasteiger charge is 2.21. The number of hydrogen-bond acceptors (Lipinski definition) is 4. The van der Waals surface area contributed by atoms with Gasteiger partial charge in [-0.15, -0.1) is 36.2 Å². The quantitative estimate of drug-likeness (QED) is 0.873. The summed E-state index contributed by atoms with van der Waals surface area (Å²) < 4.78 is 0. The van der Waals surface area contributed by atoms with E-state index in [4.69, 9.17) is 5.73 Å². The molecule has 1 aromatic heterocycles. The van der Waals surface area contributed by atoms with Crippen LogP contribution < -0.4 is 11.1 Å². The Morgan fingerprint density at radius 3 is 2.57 bits per heavy atom. The number of carbonyl (C=O) groups excluding carboxylic acids is 1. The highest BCUT2D eigenvalue weighted by atomic mass is 35.5. The summed E-state index contributed by atoms with van der Waals surface area (Å²) in [4.78, 5) is 16.5. The van der Waals surface area contributed by atoms with E-state index in [1.165, 1.54) is 0 Å². The van der Waals surface area contributed by atoms with E-state index in [-0.39, 0.29) is 36.8 Å². The highest BCUT2D eigenvalue weighted by molar-refractivity contribution is 7.09. The summed E-state index contributed by atoms with van der Waals surface area (Å²) in [6, 6.07) is 0.576. The first-order chi connectivity index (χ1) is 9.04. The third-order valence-electron chi connectivity index (χ3n) is 3.47.